The molecular weight excluding hydrogens is 269 g/mol. The molecule has 1 aliphatic heterocycles. The quantitative estimate of drug-likeness (QED) is 0.807. The van der Waals surface area contributed by atoms with E-state index in [2.05, 4.69) is 0 Å². The summed E-state index contributed by atoms with van der Waals surface area (Å²) in [6, 6.07) is 1.56. The van der Waals surface area contributed by atoms with Crippen LogP contribution in [-0.2, 0) is 9.31 Å². The molecule has 0 bridgehead atoms. The molecule has 0 aromatic heterocycles. The second-order valence-electron chi connectivity index (χ2n) is 6.56. The van der Waals surface area contributed by atoms with Crippen LogP contribution in [0, 0.1) is 13.8 Å². The molecule has 0 unspecified atom stereocenters. The Bertz CT molecular complexity index is 594. The number of aromatic hydroxyl groups is 1. The molecule has 1 heterocycles. The number of rotatable bonds is 2. The third-order valence-corrected chi connectivity index (χ3v) is 4.68. The van der Waals surface area contributed by atoms with E-state index in [1.54, 1.807) is 13.0 Å². The number of carbonyl (C=O) groups is 1. The first-order valence-corrected chi connectivity index (χ1v) is 6.96. The number of hydrogen-bond acceptors (Lipinski definition) is 4. The maximum Gasteiger partial charge on any atom is 0.495 e. The molecule has 0 atom stereocenters. The molecule has 1 saturated heterocycles. The Kier molecular flexibility index (Phi) is 3.58. The Labute approximate surface area is 125 Å². The van der Waals surface area contributed by atoms with E-state index in [1.807, 2.05) is 34.6 Å². The van der Waals surface area contributed by atoms with Gasteiger partial charge in [-0.2, -0.15) is 0 Å². The largest absolute Gasteiger partial charge is 0.507 e. The topological polar surface area (TPSA) is 81.8 Å². The van der Waals surface area contributed by atoms with Gasteiger partial charge in [-0.25, -0.2) is 0 Å². The first-order valence-electron chi connectivity index (χ1n) is 6.96. The molecular formula is C15H22BNO4. The number of benzene rings is 1. The summed E-state index contributed by atoms with van der Waals surface area (Å²) in [5.41, 5.74) is 6.63. The Morgan fingerprint density at radius 1 is 1.14 bits per heavy atom. The van der Waals surface area contributed by atoms with Crippen molar-refractivity contribution in [3.05, 3.63) is 22.8 Å². The summed E-state index contributed by atoms with van der Waals surface area (Å²) in [6.45, 7) is 11.5. The zero-order chi connectivity index (χ0) is 16.2. The van der Waals surface area contributed by atoms with Gasteiger partial charge in [0.25, 0.3) is 5.91 Å². The van der Waals surface area contributed by atoms with Gasteiger partial charge in [0.1, 0.15) is 5.75 Å². The molecule has 0 spiro atoms. The minimum atomic E-state index is -0.673. The highest BCUT2D eigenvalue weighted by Gasteiger charge is 2.52. The third kappa shape index (κ3) is 2.42. The minimum absolute atomic E-state index is 0.0831. The fourth-order valence-electron chi connectivity index (χ4n) is 2.33. The molecule has 6 heteroatoms. The Morgan fingerprint density at radius 2 is 1.62 bits per heavy atom. The highest BCUT2D eigenvalue weighted by atomic mass is 16.7. The predicted molar refractivity (Wildman–Crippen MR) is 81.8 cm³/mol. The highest BCUT2D eigenvalue weighted by molar-refractivity contribution is 6.62. The van der Waals surface area contributed by atoms with Crippen LogP contribution in [0.1, 0.15) is 49.2 Å². The van der Waals surface area contributed by atoms with E-state index in [1.165, 1.54) is 0 Å². The van der Waals surface area contributed by atoms with Crippen molar-refractivity contribution in [3.63, 3.8) is 0 Å². The summed E-state index contributed by atoms with van der Waals surface area (Å²) >= 11 is 0. The smallest absolute Gasteiger partial charge is 0.495 e. The van der Waals surface area contributed by atoms with Gasteiger partial charge >= 0.3 is 7.12 Å². The van der Waals surface area contributed by atoms with Crippen molar-refractivity contribution in [3.8, 4) is 5.75 Å². The monoisotopic (exact) mass is 291 g/mol. The SMILES string of the molecule is Cc1c(B2OC(C)(C)C(C)(C)O2)cc(C(N)=O)c(O)c1C. The first kappa shape index (κ1) is 15.9. The van der Waals surface area contributed by atoms with Crippen molar-refractivity contribution in [1.82, 2.24) is 0 Å². The highest BCUT2D eigenvalue weighted by Crippen LogP contribution is 2.37. The molecule has 21 heavy (non-hydrogen) atoms. The van der Waals surface area contributed by atoms with Crippen molar-refractivity contribution in [2.24, 2.45) is 5.73 Å². The first-order chi connectivity index (χ1) is 9.48. The maximum atomic E-state index is 11.5. The molecule has 1 aromatic carbocycles. The summed E-state index contributed by atoms with van der Waals surface area (Å²) in [6.07, 6.45) is 0. The molecule has 5 nitrogen and oxygen atoms in total. The Hall–Kier alpha value is -1.53. The second kappa shape index (κ2) is 4.75. The summed E-state index contributed by atoms with van der Waals surface area (Å²) in [5.74, 6) is -0.756. The van der Waals surface area contributed by atoms with Gasteiger partial charge in [-0.05, 0) is 64.2 Å². The molecule has 1 aliphatic rings. The summed E-state index contributed by atoms with van der Waals surface area (Å²) in [5, 5.41) is 10.0. The third-order valence-electron chi connectivity index (χ3n) is 4.68. The van der Waals surface area contributed by atoms with E-state index in [0.717, 1.165) is 11.0 Å². The zero-order valence-corrected chi connectivity index (χ0v) is 13.4. The zero-order valence-electron chi connectivity index (χ0n) is 13.4. The lowest BCUT2D eigenvalue weighted by molar-refractivity contribution is 0.00578. The van der Waals surface area contributed by atoms with Gasteiger partial charge in [0.15, 0.2) is 0 Å². The van der Waals surface area contributed by atoms with E-state index in [4.69, 9.17) is 15.0 Å². The van der Waals surface area contributed by atoms with Crippen LogP contribution in [0.15, 0.2) is 6.07 Å². The van der Waals surface area contributed by atoms with Gasteiger partial charge in [0.2, 0.25) is 0 Å². The van der Waals surface area contributed by atoms with Gasteiger partial charge in [0, 0.05) is 0 Å². The fourth-order valence-corrected chi connectivity index (χ4v) is 2.33. The van der Waals surface area contributed by atoms with Crippen LogP contribution in [-0.4, -0.2) is 29.3 Å². The van der Waals surface area contributed by atoms with Crippen molar-refractivity contribution >= 4 is 18.5 Å². The average Bonchev–Trinajstić information content (AvgIpc) is 2.55. The predicted octanol–water partition coefficient (Wildman–Crippen LogP) is 1.41. The number of nitrogens with two attached hydrogens (primary N) is 1. The molecule has 0 aliphatic carbocycles. The average molecular weight is 291 g/mol. The normalized spacial score (nSPS) is 19.8. The Morgan fingerprint density at radius 3 is 2.05 bits per heavy atom. The van der Waals surface area contributed by atoms with Gasteiger partial charge in [0.05, 0.1) is 16.8 Å². The molecule has 1 amide bonds. The molecule has 0 saturated carbocycles. The van der Waals surface area contributed by atoms with Crippen LogP contribution >= 0.6 is 0 Å². The van der Waals surface area contributed by atoms with E-state index in [9.17, 15) is 9.90 Å². The van der Waals surface area contributed by atoms with Gasteiger partial charge in [-0.15, -0.1) is 0 Å². The van der Waals surface area contributed by atoms with E-state index in [0.29, 0.717) is 5.56 Å². The van der Waals surface area contributed by atoms with Crippen molar-refractivity contribution in [2.45, 2.75) is 52.7 Å². The maximum absolute atomic E-state index is 11.5. The van der Waals surface area contributed by atoms with E-state index >= 15 is 0 Å². The van der Waals surface area contributed by atoms with Gasteiger partial charge in [-0.1, -0.05) is 0 Å². The van der Waals surface area contributed by atoms with Crippen LogP contribution in [0.3, 0.4) is 0 Å². The van der Waals surface area contributed by atoms with Crippen LogP contribution in [0.5, 0.6) is 5.75 Å². The van der Waals surface area contributed by atoms with Crippen molar-refractivity contribution < 1.29 is 19.2 Å². The number of carbonyl (C=O) groups excluding carboxylic acids is 1. The lowest BCUT2D eigenvalue weighted by Crippen LogP contribution is -2.41. The number of hydrogen-bond donors (Lipinski definition) is 2. The molecule has 0 radical (unpaired) electrons. The number of amides is 1. The summed E-state index contributed by atoms with van der Waals surface area (Å²) < 4.78 is 12.0. The summed E-state index contributed by atoms with van der Waals surface area (Å²) in [7, 11) is -0.590. The lowest BCUT2D eigenvalue weighted by Gasteiger charge is -2.32. The van der Waals surface area contributed by atoms with Crippen molar-refractivity contribution in [1.29, 1.82) is 0 Å². The van der Waals surface area contributed by atoms with Crippen LogP contribution in [0.2, 0.25) is 0 Å². The van der Waals surface area contributed by atoms with Gasteiger partial charge < -0.3 is 20.1 Å². The standard InChI is InChI=1S/C15H22BNO4/c1-8-9(2)12(18)10(13(17)19)7-11(8)16-20-14(3,4)15(5,6)21-16/h7,18H,1-6H3,(H2,17,19). The molecule has 1 aromatic rings. The van der Waals surface area contributed by atoms with Crippen LogP contribution in [0.4, 0.5) is 0 Å². The fraction of sp³-hybridized carbons (Fsp3) is 0.533. The molecule has 2 rings (SSSR count). The molecule has 1 fully saturated rings. The summed E-state index contributed by atoms with van der Waals surface area (Å²) in [4.78, 5) is 11.5. The minimum Gasteiger partial charge on any atom is -0.507 e. The van der Waals surface area contributed by atoms with E-state index in [-0.39, 0.29) is 11.3 Å². The van der Waals surface area contributed by atoms with Crippen molar-refractivity contribution in [2.75, 3.05) is 0 Å². The number of phenols is 1. The van der Waals surface area contributed by atoms with Crippen LogP contribution in [0.25, 0.3) is 0 Å². The Balaban J connectivity index is 2.54. The number of primary amides is 1. The molecule has 3 N–H and O–H groups in total. The van der Waals surface area contributed by atoms with E-state index < -0.39 is 24.2 Å². The molecule has 114 valence electrons. The van der Waals surface area contributed by atoms with Crippen LogP contribution < -0.4 is 11.2 Å². The van der Waals surface area contributed by atoms with Gasteiger partial charge in [-0.3, -0.25) is 4.79 Å². The lowest BCUT2D eigenvalue weighted by atomic mass is 9.74. The second-order valence-corrected chi connectivity index (χ2v) is 6.56.